The van der Waals surface area contributed by atoms with Crippen molar-refractivity contribution in [3.8, 4) is 0 Å². The Labute approximate surface area is 132 Å². The highest BCUT2D eigenvalue weighted by atomic mass is 16.2. The first kappa shape index (κ1) is 13.8. The predicted octanol–water partition coefficient (Wildman–Crippen LogP) is 4.06. The average molecular weight is 293 g/mol. The molecule has 2 aliphatic rings. The monoisotopic (exact) mass is 293 g/mol. The molecular formula is C20H23NO. The highest BCUT2D eigenvalue weighted by molar-refractivity contribution is 5.84. The lowest BCUT2D eigenvalue weighted by molar-refractivity contribution is -0.135. The van der Waals surface area contributed by atoms with Crippen LogP contribution in [0, 0.1) is 17.8 Å². The van der Waals surface area contributed by atoms with Crippen LogP contribution in [0.1, 0.15) is 30.7 Å². The molecule has 4 rings (SSSR count). The van der Waals surface area contributed by atoms with Gasteiger partial charge in [0.25, 0.3) is 0 Å². The van der Waals surface area contributed by atoms with E-state index in [9.17, 15) is 4.79 Å². The lowest BCUT2D eigenvalue weighted by Crippen LogP contribution is -2.36. The molecule has 2 aromatic rings. The summed E-state index contributed by atoms with van der Waals surface area (Å²) in [5.41, 5.74) is 1.37. The van der Waals surface area contributed by atoms with Crippen LogP contribution in [-0.4, -0.2) is 24.9 Å². The van der Waals surface area contributed by atoms with Gasteiger partial charge in [-0.1, -0.05) is 42.5 Å². The van der Waals surface area contributed by atoms with Crippen molar-refractivity contribution >= 4 is 16.7 Å². The molecule has 0 saturated heterocycles. The zero-order valence-corrected chi connectivity index (χ0v) is 13.3. The third kappa shape index (κ3) is 2.05. The standard InChI is InChI=1S/C20H23NO/c1-21(2)20(22)19-17-10-9-16(12-17)18(19)15-8-7-13-5-3-4-6-14(13)11-15/h3-8,11,16-19H,9-10,12H2,1-2H3/t16?,17?,18-,19-/m0/s1. The lowest BCUT2D eigenvalue weighted by atomic mass is 9.74. The van der Waals surface area contributed by atoms with E-state index in [1.807, 2.05) is 14.1 Å². The fourth-order valence-electron chi connectivity index (χ4n) is 4.84. The minimum atomic E-state index is 0.190. The summed E-state index contributed by atoms with van der Waals surface area (Å²) in [6.07, 6.45) is 3.76. The first-order chi connectivity index (χ1) is 10.6. The van der Waals surface area contributed by atoms with Gasteiger partial charge in [-0.25, -0.2) is 0 Å². The van der Waals surface area contributed by atoms with Crippen LogP contribution in [0.3, 0.4) is 0 Å². The largest absolute Gasteiger partial charge is 0.349 e. The van der Waals surface area contributed by atoms with Gasteiger partial charge in [0.05, 0.1) is 0 Å². The molecule has 2 bridgehead atoms. The molecule has 0 N–H and O–H groups in total. The van der Waals surface area contributed by atoms with Gasteiger partial charge < -0.3 is 4.90 Å². The zero-order chi connectivity index (χ0) is 15.3. The van der Waals surface area contributed by atoms with Crippen LogP contribution in [0.15, 0.2) is 42.5 Å². The van der Waals surface area contributed by atoms with E-state index >= 15 is 0 Å². The van der Waals surface area contributed by atoms with Crippen molar-refractivity contribution in [2.75, 3.05) is 14.1 Å². The van der Waals surface area contributed by atoms with Crippen LogP contribution >= 0.6 is 0 Å². The minimum absolute atomic E-state index is 0.190. The number of carbonyl (C=O) groups excluding carboxylic acids is 1. The smallest absolute Gasteiger partial charge is 0.226 e. The number of carbonyl (C=O) groups is 1. The van der Waals surface area contributed by atoms with E-state index in [1.165, 1.54) is 35.6 Å². The molecule has 2 nitrogen and oxygen atoms in total. The van der Waals surface area contributed by atoms with E-state index in [2.05, 4.69) is 42.5 Å². The van der Waals surface area contributed by atoms with E-state index in [0.717, 1.165) is 0 Å². The molecule has 22 heavy (non-hydrogen) atoms. The molecule has 2 aromatic carbocycles. The molecule has 0 aliphatic heterocycles. The van der Waals surface area contributed by atoms with Crippen molar-refractivity contribution in [3.63, 3.8) is 0 Å². The molecule has 1 amide bonds. The van der Waals surface area contributed by atoms with Crippen LogP contribution in [0.5, 0.6) is 0 Å². The van der Waals surface area contributed by atoms with Crippen molar-refractivity contribution in [2.45, 2.75) is 25.2 Å². The van der Waals surface area contributed by atoms with E-state index in [4.69, 9.17) is 0 Å². The van der Waals surface area contributed by atoms with Gasteiger partial charge in [-0.05, 0) is 53.4 Å². The Morgan fingerprint density at radius 2 is 1.73 bits per heavy atom. The number of benzene rings is 2. The van der Waals surface area contributed by atoms with Gasteiger partial charge >= 0.3 is 0 Å². The highest BCUT2D eigenvalue weighted by Crippen LogP contribution is 2.57. The Morgan fingerprint density at radius 3 is 2.50 bits per heavy atom. The van der Waals surface area contributed by atoms with Crippen LogP contribution in [0.2, 0.25) is 0 Å². The number of fused-ring (bicyclic) bond motifs is 3. The summed E-state index contributed by atoms with van der Waals surface area (Å²) in [5, 5.41) is 2.57. The quantitative estimate of drug-likeness (QED) is 0.817. The Kier molecular flexibility index (Phi) is 3.21. The van der Waals surface area contributed by atoms with Gasteiger partial charge in [-0.3, -0.25) is 4.79 Å². The van der Waals surface area contributed by atoms with E-state index < -0.39 is 0 Å². The molecule has 0 aromatic heterocycles. The van der Waals surface area contributed by atoms with Crippen molar-refractivity contribution in [1.29, 1.82) is 0 Å². The van der Waals surface area contributed by atoms with Crippen molar-refractivity contribution in [2.24, 2.45) is 17.8 Å². The fraction of sp³-hybridized carbons (Fsp3) is 0.450. The van der Waals surface area contributed by atoms with Crippen LogP contribution in [0.4, 0.5) is 0 Å². The highest BCUT2D eigenvalue weighted by Gasteiger charge is 2.51. The second-order valence-electron chi connectivity index (χ2n) is 7.22. The third-order valence-corrected chi connectivity index (χ3v) is 5.80. The van der Waals surface area contributed by atoms with Gasteiger partial charge in [0.2, 0.25) is 5.91 Å². The summed E-state index contributed by atoms with van der Waals surface area (Å²) >= 11 is 0. The van der Waals surface area contributed by atoms with Crippen molar-refractivity contribution < 1.29 is 4.79 Å². The first-order valence-electron chi connectivity index (χ1n) is 8.35. The molecule has 114 valence electrons. The van der Waals surface area contributed by atoms with Gasteiger partial charge in [0.15, 0.2) is 0 Å². The molecule has 0 spiro atoms. The number of hydrogen-bond donors (Lipinski definition) is 0. The Bertz CT molecular complexity index is 720. The maximum atomic E-state index is 12.7. The minimum Gasteiger partial charge on any atom is -0.349 e. The summed E-state index contributed by atoms with van der Waals surface area (Å²) < 4.78 is 0. The Morgan fingerprint density at radius 1 is 1.00 bits per heavy atom. The second kappa shape index (κ2) is 5.12. The van der Waals surface area contributed by atoms with Crippen molar-refractivity contribution in [3.05, 3.63) is 48.0 Å². The van der Waals surface area contributed by atoms with Gasteiger partial charge in [-0.15, -0.1) is 0 Å². The predicted molar refractivity (Wildman–Crippen MR) is 89.7 cm³/mol. The van der Waals surface area contributed by atoms with E-state index in [-0.39, 0.29) is 5.92 Å². The van der Waals surface area contributed by atoms with E-state index in [1.54, 1.807) is 4.90 Å². The summed E-state index contributed by atoms with van der Waals surface area (Å²) in [6, 6.07) is 15.3. The molecular weight excluding hydrogens is 270 g/mol. The maximum Gasteiger partial charge on any atom is 0.226 e. The Hall–Kier alpha value is -1.83. The topological polar surface area (TPSA) is 20.3 Å². The first-order valence-corrected chi connectivity index (χ1v) is 8.35. The molecule has 2 aliphatic carbocycles. The van der Waals surface area contributed by atoms with E-state index in [0.29, 0.717) is 23.7 Å². The van der Waals surface area contributed by atoms with Crippen LogP contribution in [-0.2, 0) is 4.79 Å². The molecule has 2 heteroatoms. The molecule has 2 saturated carbocycles. The number of amides is 1. The molecule has 4 atom stereocenters. The van der Waals surface area contributed by atoms with Gasteiger partial charge in [0.1, 0.15) is 0 Å². The maximum absolute atomic E-state index is 12.7. The van der Waals surface area contributed by atoms with Crippen LogP contribution < -0.4 is 0 Å². The fourth-order valence-corrected chi connectivity index (χ4v) is 4.84. The number of nitrogens with zero attached hydrogens (tertiary/aromatic N) is 1. The SMILES string of the molecule is CN(C)C(=O)[C@H]1C2CCC(C2)[C@@H]1c1ccc2ccccc2c1. The second-order valence-corrected chi connectivity index (χ2v) is 7.22. The van der Waals surface area contributed by atoms with Crippen LogP contribution in [0.25, 0.3) is 10.8 Å². The molecule has 0 radical (unpaired) electrons. The summed E-state index contributed by atoms with van der Waals surface area (Å²) in [4.78, 5) is 14.5. The van der Waals surface area contributed by atoms with Crippen molar-refractivity contribution in [1.82, 2.24) is 4.90 Å². The third-order valence-electron chi connectivity index (χ3n) is 5.80. The zero-order valence-electron chi connectivity index (χ0n) is 13.3. The molecule has 0 heterocycles. The normalized spacial score (nSPS) is 29.9. The summed E-state index contributed by atoms with van der Waals surface area (Å²) in [7, 11) is 3.79. The lowest BCUT2D eigenvalue weighted by Gasteiger charge is -2.32. The molecule has 2 unspecified atom stereocenters. The summed E-state index contributed by atoms with van der Waals surface area (Å²) in [6.45, 7) is 0. The van der Waals surface area contributed by atoms with Gasteiger partial charge in [0, 0.05) is 20.0 Å². The Balaban J connectivity index is 1.76. The molecule has 2 fully saturated rings. The number of hydrogen-bond acceptors (Lipinski definition) is 1. The summed E-state index contributed by atoms with van der Waals surface area (Å²) in [5.74, 6) is 2.22. The number of rotatable bonds is 2. The average Bonchev–Trinajstić information content (AvgIpc) is 3.14. The van der Waals surface area contributed by atoms with Gasteiger partial charge in [-0.2, -0.15) is 0 Å².